The van der Waals surface area contributed by atoms with Gasteiger partial charge in [0.05, 0.1) is 5.56 Å². The minimum atomic E-state index is -5.04. The Hall–Kier alpha value is -1.47. The van der Waals surface area contributed by atoms with Gasteiger partial charge in [0.2, 0.25) is 5.88 Å². The molecule has 15 heavy (non-hydrogen) atoms. The van der Waals surface area contributed by atoms with Crippen molar-refractivity contribution in [1.82, 2.24) is 4.98 Å². The van der Waals surface area contributed by atoms with Crippen molar-refractivity contribution in [3.05, 3.63) is 23.6 Å². The third-order valence-electron chi connectivity index (χ3n) is 1.31. The lowest BCUT2D eigenvalue weighted by atomic mass is 10.3. The number of aromatic nitrogens is 1. The molecule has 0 fully saturated rings. The lowest BCUT2D eigenvalue weighted by Gasteiger charge is -2.08. The molecule has 0 atom stereocenters. The lowest BCUT2D eigenvalue weighted by molar-refractivity contribution is -0.276. The van der Waals surface area contributed by atoms with Crippen LogP contribution >= 0.6 is 0 Å². The second-order valence-electron chi connectivity index (χ2n) is 2.39. The predicted octanol–water partition coefficient (Wildman–Crippen LogP) is 3.06. The largest absolute Gasteiger partial charge is 0.574 e. The zero-order valence-corrected chi connectivity index (χ0v) is 6.86. The first-order valence-corrected chi connectivity index (χ1v) is 3.49. The Kier molecular flexibility index (Phi) is 3.06. The van der Waals surface area contributed by atoms with Crippen molar-refractivity contribution in [1.29, 1.82) is 0 Å². The fraction of sp³-hybridized carbons (Fsp3) is 0.286. The van der Waals surface area contributed by atoms with Gasteiger partial charge in [-0.3, -0.25) is 0 Å². The first-order chi connectivity index (χ1) is 6.79. The molecular formula is C7H3F6NO. The van der Waals surface area contributed by atoms with Crippen molar-refractivity contribution in [3.63, 3.8) is 0 Å². The summed E-state index contributed by atoms with van der Waals surface area (Å²) in [5, 5.41) is 0. The standard InChI is InChI=1S/C7H3F6NO/c8-4-1-5(15-7(11,12)13)14-2-3(4)6(9)10/h1-2,6H. The Balaban J connectivity index is 2.92. The zero-order valence-electron chi connectivity index (χ0n) is 6.86. The predicted molar refractivity (Wildman–Crippen MR) is 35.8 cm³/mol. The molecule has 1 rings (SSSR count). The van der Waals surface area contributed by atoms with Crippen LogP contribution < -0.4 is 4.74 Å². The Morgan fingerprint density at radius 1 is 1.27 bits per heavy atom. The fourth-order valence-corrected chi connectivity index (χ4v) is 0.759. The van der Waals surface area contributed by atoms with Crippen molar-refractivity contribution in [2.45, 2.75) is 12.8 Å². The van der Waals surface area contributed by atoms with Crippen molar-refractivity contribution in [2.24, 2.45) is 0 Å². The van der Waals surface area contributed by atoms with E-state index >= 15 is 0 Å². The van der Waals surface area contributed by atoms with Gasteiger partial charge in [-0.25, -0.2) is 18.2 Å². The molecule has 1 aromatic heterocycles. The molecule has 0 amide bonds. The van der Waals surface area contributed by atoms with Crippen molar-refractivity contribution >= 4 is 0 Å². The zero-order chi connectivity index (χ0) is 11.6. The molecule has 0 spiro atoms. The molecule has 0 aliphatic heterocycles. The second-order valence-corrected chi connectivity index (χ2v) is 2.39. The molecule has 1 heterocycles. The molecule has 0 radical (unpaired) electrons. The van der Waals surface area contributed by atoms with Gasteiger partial charge in [-0.05, 0) is 0 Å². The number of nitrogens with zero attached hydrogens (tertiary/aromatic N) is 1. The molecule has 0 N–H and O–H groups in total. The lowest BCUT2D eigenvalue weighted by Crippen LogP contribution is -2.18. The van der Waals surface area contributed by atoms with Crippen LogP contribution in [0.15, 0.2) is 12.3 Å². The van der Waals surface area contributed by atoms with E-state index in [0.717, 1.165) is 0 Å². The summed E-state index contributed by atoms with van der Waals surface area (Å²) in [7, 11) is 0. The maximum Gasteiger partial charge on any atom is 0.574 e. The number of halogens is 6. The molecule has 0 bridgehead atoms. The number of pyridine rings is 1. The summed E-state index contributed by atoms with van der Waals surface area (Å²) in [5.41, 5.74) is -1.08. The highest BCUT2D eigenvalue weighted by molar-refractivity contribution is 5.21. The normalized spacial score (nSPS) is 11.9. The molecular weight excluding hydrogens is 228 g/mol. The monoisotopic (exact) mass is 231 g/mol. The quantitative estimate of drug-likeness (QED) is 0.729. The highest BCUT2D eigenvalue weighted by Crippen LogP contribution is 2.26. The fourth-order valence-electron chi connectivity index (χ4n) is 0.759. The minimum Gasteiger partial charge on any atom is -0.388 e. The SMILES string of the molecule is Fc1cc(OC(F)(F)F)ncc1C(F)F. The smallest absolute Gasteiger partial charge is 0.388 e. The van der Waals surface area contributed by atoms with Gasteiger partial charge < -0.3 is 4.74 Å². The maximum absolute atomic E-state index is 12.7. The van der Waals surface area contributed by atoms with E-state index in [0.29, 0.717) is 6.20 Å². The van der Waals surface area contributed by atoms with E-state index in [4.69, 9.17) is 0 Å². The van der Waals surface area contributed by atoms with Crippen molar-refractivity contribution in [3.8, 4) is 5.88 Å². The van der Waals surface area contributed by atoms with Crippen LogP contribution in [-0.4, -0.2) is 11.3 Å². The van der Waals surface area contributed by atoms with Gasteiger partial charge in [0, 0.05) is 12.3 Å². The van der Waals surface area contributed by atoms with Crippen LogP contribution in [0.4, 0.5) is 26.3 Å². The summed E-state index contributed by atoms with van der Waals surface area (Å²) in [5.74, 6) is -2.62. The topological polar surface area (TPSA) is 22.1 Å². The number of hydrogen-bond donors (Lipinski definition) is 0. The molecule has 0 saturated heterocycles. The molecule has 0 saturated carbocycles. The molecule has 0 unspecified atom stereocenters. The summed E-state index contributed by atoms with van der Waals surface area (Å²) in [6, 6.07) is 0.148. The van der Waals surface area contributed by atoms with Crippen LogP contribution in [0.5, 0.6) is 5.88 Å². The molecule has 1 aromatic rings. The highest BCUT2D eigenvalue weighted by atomic mass is 19.4. The van der Waals surface area contributed by atoms with Gasteiger partial charge in [-0.2, -0.15) is 0 Å². The average molecular weight is 231 g/mol. The Morgan fingerprint density at radius 2 is 1.87 bits per heavy atom. The molecule has 0 aliphatic carbocycles. The van der Waals surface area contributed by atoms with Gasteiger partial charge in [-0.1, -0.05) is 0 Å². The van der Waals surface area contributed by atoms with E-state index in [1.807, 2.05) is 0 Å². The van der Waals surface area contributed by atoms with Gasteiger partial charge in [0.25, 0.3) is 6.43 Å². The van der Waals surface area contributed by atoms with E-state index in [1.54, 1.807) is 0 Å². The summed E-state index contributed by atoms with van der Waals surface area (Å²) >= 11 is 0. The van der Waals surface area contributed by atoms with Crippen LogP contribution in [0.1, 0.15) is 12.0 Å². The molecule has 0 aliphatic rings. The number of ether oxygens (including phenoxy) is 1. The van der Waals surface area contributed by atoms with Crippen molar-refractivity contribution in [2.75, 3.05) is 0 Å². The first-order valence-electron chi connectivity index (χ1n) is 3.49. The number of rotatable bonds is 2. The van der Waals surface area contributed by atoms with Gasteiger partial charge in [0.15, 0.2) is 0 Å². The summed E-state index contributed by atoms with van der Waals surface area (Å²) in [6.45, 7) is 0. The Bertz CT molecular complexity index is 350. The van der Waals surface area contributed by atoms with Gasteiger partial charge >= 0.3 is 6.36 Å². The van der Waals surface area contributed by atoms with E-state index in [9.17, 15) is 26.3 Å². The third-order valence-corrected chi connectivity index (χ3v) is 1.31. The number of alkyl halides is 5. The summed E-state index contributed by atoms with van der Waals surface area (Å²) in [4.78, 5) is 2.88. The minimum absolute atomic E-state index is 0.148. The van der Waals surface area contributed by atoms with Crippen LogP contribution in [0, 0.1) is 5.82 Å². The van der Waals surface area contributed by atoms with Crippen LogP contribution in [-0.2, 0) is 0 Å². The molecule has 0 aromatic carbocycles. The maximum atomic E-state index is 12.7. The van der Waals surface area contributed by atoms with Crippen LogP contribution in [0.2, 0.25) is 0 Å². The van der Waals surface area contributed by atoms with Gasteiger partial charge in [0.1, 0.15) is 5.82 Å². The van der Waals surface area contributed by atoms with Crippen LogP contribution in [0.3, 0.4) is 0 Å². The molecule has 8 heteroatoms. The molecule has 84 valence electrons. The van der Waals surface area contributed by atoms with Gasteiger partial charge in [-0.15, -0.1) is 13.2 Å². The third kappa shape index (κ3) is 3.30. The van der Waals surface area contributed by atoms with Crippen molar-refractivity contribution < 1.29 is 31.1 Å². The molecule has 2 nitrogen and oxygen atoms in total. The average Bonchev–Trinajstić information content (AvgIpc) is 1.99. The first kappa shape index (κ1) is 11.6. The van der Waals surface area contributed by atoms with Crippen LogP contribution in [0.25, 0.3) is 0 Å². The number of hydrogen-bond acceptors (Lipinski definition) is 2. The van der Waals surface area contributed by atoms with E-state index in [2.05, 4.69) is 9.72 Å². The van der Waals surface area contributed by atoms with E-state index in [-0.39, 0.29) is 6.07 Å². The van der Waals surface area contributed by atoms with E-state index < -0.39 is 30.0 Å². The summed E-state index contributed by atoms with van der Waals surface area (Å²) in [6.07, 6.45) is -7.88. The Morgan fingerprint density at radius 3 is 2.27 bits per heavy atom. The van der Waals surface area contributed by atoms with E-state index in [1.165, 1.54) is 0 Å². The second kappa shape index (κ2) is 3.95. The highest BCUT2D eigenvalue weighted by Gasteiger charge is 2.32. The summed E-state index contributed by atoms with van der Waals surface area (Å²) < 4.78 is 74.6. The Labute approximate surface area is 79.5 Å².